The van der Waals surface area contributed by atoms with Crippen LogP contribution in [0.25, 0.3) is 0 Å². The Bertz CT molecular complexity index is 755. The Morgan fingerprint density at radius 3 is 2.71 bits per heavy atom. The summed E-state index contributed by atoms with van der Waals surface area (Å²) in [5.74, 6) is -0.443. The number of hydrogen-bond donors (Lipinski definition) is 1. The van der Waals surface area contributed by atoms with E-state index in [0.717, 1.165) is 17.5 Å². The first-order chi connectivity index (χ1) is 11.6. The number of nitrogens with one attached hydrogen (secondary N) is 1. The first-order valence-electron chi connectivity index (χ1n) is 8.28. The quantitative estimate of drug-likeness (QED) is 0.874. The third-order valence-corrected chi connectivity index (χ3v) is 4.40. The number of fused-ring (bicyclic) bond motifs is 1. The summed E-state index contributed by atoms with van der Waals surface area (Å²) in [5.41, 5.74) is 2.95. The number of benzene rings is 2. The third kappa shape index (κ3) is 3.32. The monoisotopic (exact) mass is 323 g/mol. The molecule has 0 saturated heterocycles. The molecule has 4 nitrogen and oxygen atoms in total. The Morgan fingerprint density at radius 1 is 1.25 bits per heavy atom. The van der Waals surface area contributed by atoms with Gasteiger partial charge < -0.3 is 10.1 Å². The fraction of sp³-hybridized carbons (Fsp3) is 0.300. The van der Waals surface area contributed by atoms with E-state index in [4.69, 9.17) is 4.74 Å². The zero-order valence-electron chi connectivity index (χ0n) is 13.9. The highest BCUT2D eigenvalue weighted by atomic mass is 16.5. The van der Waals surface area contributed by atoms with Crippen LogP contribution in [0, 0.1) is 0 Å². The topological polar surface area (TPSA) is 55.4 Å². The third-order valence-electron chi connectivity index (χ3n) is 4.40. The summed E-state index contributed by atoms with van der Waals surface area (Å²) in [5, 5.41) is 2.95. The van der Waals surface area contributed by atoms with E-state index in [0.29, 0.717) is 17.5 Å². The molecule has 0 saturated carbocycles. The maximum atomic E-state index is 12.3. The molecule has 0 radical (unpaired) electrons. The molecule has 24 heavy (non-hydrogen) atoms. The molecular weight excluding hydrogens is 302 g/mol. The molecule has 2 aromatic rings. The van der Waals surface area contributed by atoms with Crippen LogP contribution < -0.4 is 5.32 Å². The van der Waals surface area contributed by atoms with Gasteiger partial charge in [0.15, 0.2) is 0 Å². The number of rotatable bonds is 4. The Labute approximate surface area is 141 Å². The van der Waals surface area contributed by atoms with Crippen LogP contribution in [0.3, 0.4) is 0 Å². The van der Waals surface area contributed by atoms with Gasteiger partial charge in [-0.05, 0) is 42.7 Å². The van der Waals surface area contributed by atoms with Crippen LogP contribution in [-0.2, 0) is 11.2 Å². The lowest BCUT2D eigenvalue weighted by molar-refractivity contribution is 0.0252. The van der Waals surface area contributed by atoms with Gasteiger partial charge in [0.25, 0.3) is 5.91 Å². The lowest BCUT2D eigenvalue weighted by Gasteiger charge is -2.25. The average molecular weight is 323 g/mol. The van der Waals surface area contributed by atoms with Crippen molar-refractivity contribution in [3.05, 3.63) is 70.8 Å². The standard InChI is InChI=1S/C20H21NO3/c1-3-13(2)21-19(22)15-9-10-17-16(11-15)12-18(24-20(17)23)14-7-5-4-6-8-14/h4-11,13,18H,3,12H2,1-2H3,(H,21,22)/t13-,18-/m1/s1. The van der Waals surface area contributed by atoms with Gasteiger partial charge in [0, 0.05) is 18.0 Å². The number of carbonyl (C=O) groups excluding carboxylic acids is 2. The molecule has 1 aliphatic rings. The summed E-state index contributed by atoms with van der Waals surface area (Å²) in [4.78, 5) is 24.6. The van der Waals surface area contributed by atoms with Crippen LogP contribution in [0.1, 0.15) is 58.2 Å². The van der Waals surface area contributed by atoms with E-state index in [2.05, 4.69) is 5.32 Å². The predicted octanol–water partition coefficient (Wildman–Crippen LogP) is 3.67. The number of amides is 1. The number of ether oxygens (including phenoxy) is 1. The Morgan fingerprint density at radius 2 is 2.00 bits per heavy atom. The van der Waals surface area contributed by atoms with E-state index in [-0.39, 0.29) is 24.0 Å². The maximum absolute atomic E-state index is 12.3. The van der Waals surface area contributed by atoms with Gasteiger partial charge in [-0.3, -0.25) is 4.79 Å². The Kier molecular flexibility index (Phi) is 4.65. The molecule has 0 spiro atoms. The maximum Gasteiger partial charge on any atom is 0.339 e. The second-order valence-electron chi connectivity index (χ2n) is 6.16. The van der Waals surface area contributed by atoms with E-state index >= 15 is 0 Å². The molecule has 3 rings (SSSR count). The second kappa shape index (κ2) is 6.87. The molecule has 2 aromatic carbocycles. The molecule has 1 N–H and O–H groups in total. The van der Waals surface area contributed by atoms with E-state index < -0.39 is 0 Å². The van der Waals surface area contributed by atoms with Crippen molar-refractivity contribution in [2.24, 2.45) is 0 Å². The van der Waals surface area contributed by atoms with E-state index in [1.165, 1.54) is 0 Å². The Hall–Kier alpha value is -2.62. The van der Waals surface area contributed by atoms with Crippen LogP contribution in [0.2, 0.25) is 0 Å². The van der Waals surface area contributed by atoms with Crippen LogP contribution in [0.4, 0.5) is 0 Å². The van der Waals surface area contributed by atoms with E-state index in [9.17, 15) is 9.59 Å². The van der Waals surface area contributed by atoms with Gasteiger partial charge in [-0.2, -0.15) is 0 Å². The van der Waals surface area contributed by atoms with Crippen LogP contribution in [0.5, 0.6) is 0 Å². The van der Waals surface area contributed by atoms with Crippen molar-refractivity contribution in [3.8, 4) is 0 Å². The summed E-state index contributed by atoms with van der Waals surface area (Å²) in [6.07, 6.45) is 1.15. The lowest BCUT2D eigenvalue weighted by atomic mass is 9.93. The van der Waals surface area contributed by atoms with Crippen molar-refractivity contribution in [3.63, 3.8) is 0 Å². The van der Waals surface area contributed by atoms with E-state index in [1.807, 2.05) is 50.2 Å². The molecule has 2 atom stereocenters. The van der Waals surface area contributed by atoms with Crippen molar-refractivity contribution in [2.45, 2.75) is 38.8 Å². The Balaban J connectivity index is 1.86. The summed E-state index contributed by atoms with van der Waals surface area (Å²) in [6.45, 7) is 4.00. The molecule has 0 unspecified atom stereocenters. The highest BCUT2D eigenvalue weighted by molar-refractivity contribution is 5.97. The molecule has 1 amide bonds. The SMILES string of the molecule is CC[C@@H](C)NC(=O)c1ccc2c(c1)C[C@H](c1ccccc1)OC2=O. The number of carbonyl (C=O) groups is 2. The summed E-state index contributed by atoms with van der Waals surface area (Å²) < 4.78 is 5.54. The highest BCUT2D eigenvalue weighted by Crippen LogP contribution is 2.31. The largest absolute Gasteiger partial charge is 0.454 e. The van der Waals surface area contributed by atoms with Crippen molar-refractivity contribution in [1.29, 1.82) is 0 Å². The molecule has 0 aromatic heterocycles. The molecule has 0 fully saturated rings. The van der Waals surface area contributed by atoms with Crippen LogP contribution in [0.15, 0.2) is 48.5 Å². The van der Waals surface area contributed by atoms with Crippen molar-refractivity contribution < 1.29 is 14.3 Å². The minimum atomic E-state index is -0.334. The first kappa shape index (κ1) is 16.2. The molecule has 1 heterocycles. The lowest BCUT2D eigenvalue weighted by Crippen LogP contribution is -2.32. The molecule has 0 aliphatic carbocycles. The van der Waals surface area contributed by atoms with Crippen LogP contribution >= 0.6 is 0 Å². The zero-order valence-corrected chi connectivity index (χ0v) is 13.9. The number of esters is 1. The molecule has 124 valence electrons. The normalized spacial score (nSPS) is 17.6. The number of hydrogen-bond acceptors (Lipinski definition) is 3. The fourth-order valence-electron chi connectivity index (χ4n) is 2.80. The predicted molar refractivity (Wildman–Crippen MR) is 92.0 cm³/mol. The molecule has 1 aliphatic heterocycles. The summed E-state index contributed by atoms with van der Waals surface area (Å²) in [7, 11) is 0. The summed E-state index contributed by atoms with van der Waals surface area (Å²) in [6, 6.07) is 15.0. The fourth-order valence-corrected chi connectivity index (χ4v) is 2.80. The van der Waals surface area contributed by atoms with Crippen molar-refractivity contribution >= 4 is 11.9 Å². The molecule has 0 bridgehead atoms. The number of cyclic esters (lactones) is 1. The minimum absolute atomic E-state index is 0.109. The molecule has 4 heteroatoms. The van der Waals surface area contributed by atoms with Crippen molar-refractivity contribution in [1.82, 2.24) is 5.32 Å². The van der Waals surface area contributed by atoms with Gasteiger partial charge in [-0.1, -0.05) is 37.3 Å². The smallest absolute Gasteiger partial charge is 0.339 e. The van der Waals surface area contributed by atoms with Gasteiger partial charge in [0.2, 0.25) is 0 Å². The van der Waals surface area contributed by atoms with Gasteiger partial charge >= 0.3 is 5.97 Å². The highest BCUT2D eigenvalue weighted by Gasteiger charge is 2.28. The van der Waals surface area contributed by atoms with Gasteiger partial charge in [-0.25, -0.2) is 4.79 Å². The first-order valence-corrected chi connectivity index (χ1v) is 8.28. The molecular formula is C20H21NO3. The summed E-state index contributed by atoms with van der Waals surface area (Å²) >= 11 is 0. The minimum Gasteiger partial charge on any atom is -0.454 e. The van der Waals surface area contributed by atoms with Gasteiger partial charge in [0.1, 0.15) is 6.10 Å². The zero-order chi connectivity index (χ0) is 17.1. The van der Waals surface area contributed by atoms with E-state index in [1.54, 1.807) is 12.1 Å². The van der Waals surface area contributed by atoms with Crippen LogP contribution in [-0.4, -0.2) is 17.9 Å². The van der Waals surface area contributed by atoms with Gasteiger partial charge in [0.05, 0.1) is 5.56 Å². The average Bonchev–Trinajstić information content (AvgIpc) is 2.61. The van der Waals surface area contributed by atoms with Gasteiger partial charge in [-0.15, -0.1) is 0 Å². The van der Waals surface area contributed by atoms with Crippen molar-refractivity contribution in [2.75, 3.05) is 0 Å². The second-order valence-corrected chi connectivity index (χ2v) is 6.16.